The Hall–Kier alpha value is -0.630. The van der Waals surface area contributed by atoms with Crippen LogP contribution in [0.4, 0.5) is 0 Å². The highest BCUT2D eigenvalue weighted by Gasteiger charge is 1.96. The number of hydrogen-bond acceptors (Lipinski definition) is 1. The maximum Gasteiger partial charge on any atom is 0.203 e. The van der Waals surface area contributed by atoms with Crippen LogP contribution in [0.3, 0.4) is 0 Å². The van der Waals surface area contributed by atoms with Crippen molar-refractivity contribution in [2.45, 2.75) is 13.3 Å². The van der Waals surface area contributed by atoms with Gasteiger partial charge in [0.05, 0.1) is 0 Å². The van der Waals surface area contributed by atoms with Gasteiger partial charge in [0.25, 0.3) is 0 Å². The van der Waals surface area contributed by atoms with Crippen molar-refractivity contribution in [3.63, 3.8) is 0 Å². The van der Waals surface area contributed by atoms with E-state index in [1.807, 2.05) is 31.4 Å². The Balaban J connectivity index is 2.95. The SMILES string of the molecule is Cc1ccc(C[C]=O)cc1Br. The van der Waals surface area contributed by atoms with E-state index in [2.05, 4.69) is 15.9 Å². The van der Waals surface area contributed by atoms with Gasteiger partial charge >= 0.3 is 0 Å². The Kier molecular flexibility index (Phi) is 2.83. The molecule has 0 aliphatic carbocycles. The average Bonchev–Trinajstić information content (AvgIpc) is 1.98. The van der Waals surface area contributed by atoms with E-state index in [4.69, 9.17) is 0 Å². The van der Waals surface area contributed by atoms with Crippen LogP contribution < -0.4 is 0 Å². The fraction of sp³-hybridized carbons (Fsp3) is 0.222. The van der Waals surface area contributed by atoms with Crippen LogP contribution in [0.2, 0.25) is 0 Å². The van der Waals surface area contributed by atoms with Crippen molar-refractivity contribution in [3.05, 3.63) is 33.8 Å². The first-order valence-corrected chi connectivity index (χ1v) is 4.13. The minimum atomic E-state index is 0.374. The summed E-state index contributed by atoms with van der Waals surface area (Å²) in [5.74, 6) is 0. The Morgan fingerprint density at radius 2 is 2.27 bits per heavy atom. The van der Waals surface area contributed by atoms with E-state index in [1.165, 1.54) is 5.56 Å². The lowest BCUT2D eigenvalue weighted by molar-refractivity contribution is 0.555. The third-order valence-corrected chi connectivity index (χ3v) is 2.37. The maximum atomic E-state index is 10.0. The van der Waals surface area contributed by atoms with Gasteiger partial charge in [-0.1, -0.05) is 28.1 Å². The summed E-state index contributed by atoms with van der Waals surface area (Å²) in [6.07, 6.45) is 2.23. The molecule has 57 valence electrons. The molecular weight excluding hydrogens is 204 g/mol. The maximum absolute atomic E-state index is 10.0. The Labute approximate surface area is 74.6 Å². The van der Waals surface area contributed by atoms with Gasteiger partial charge in [0.15, 0.2) is 0 Å². The van der Waals surface area contributed by atoms with Gasteiger partial charge in [0, 0.05) is 10.9 Å². The van der Waals surface area contributed by atoms with Gasteiger partial charge in [-0.3, -0.25) is 4.79 Å². The zero-order valence-electron chi connectivity index (χ0n) is 6.23. The minimum absolute atomic E-state index is 0.374. The average molecular weight is 212 g/mol. The molecular formula is C9H8BrO. The van der Waals surface area contributed by atoms with E-state index in [0.29, 0.717) is 6.42 Å². The summed E-state index contributed by atoms with van der Waals surface area (Å²) in [6, 6.07) is 5.86. The highest BCUT2D eigenvalue weighted by molar-refractivity contribution is 9.10. The largest absolute Gasteiger partial charge is 0.291 e. The molecule has 2 heteroatoms. The summed E-state index contributed by atoms with van der Waals surface area (Å²) in [5.41, 5.74) is 2.18. The van der Waals surface area contributed by atoms with E-state index in [-0.39, 0.29) is 0 Å². The molecule has 0 aliphatic rings. The molecule has 1 rings (SSSR count). The molecule has 1 aromatic carbocycles. The lowest BCUT2D eigenvalue weighted by atomic mass is 10.1. The van der Waals surface area contributed by atoms with Crippen molar-refractivity contribution >= 4 is 22.2 Å². The molecule has 1 nitrogen and oxygen atoms in total. The summed E-state index contributed by atoms with van der Waals surface area (Å²) < 4.78 is 1.05. The molecule has 0 fully saturated rings. The number of halogens is 1. The molecule has 0 N–H and O–H groups in total. The number of carbonyl (C=O) groups excluding carboxylic acids is 1. The van der Waals surface area contributed by atoms with Crippen molar-refractivity contribution < 1.29 is 4.79 Å². The van der Waals surface area contributed by atoms with Crippen LogP contribution in [-0.4, -0.2) is 6.29 Å². The molecule has 0 bridgehead atoms. The van der Waals surface area contributed by atoms with Crippen LogP contribution >= 0.6 is 15.9 Å². The first kappa shape index (κ1) is 8.47. The van der Waals surface area contributed by atoms with Crippen molar-refractivity contribution in [3.8, 4) is 0 Å². The van der Waals surface area contributed by atoms with E-state index in [9.17, 15) is 4.79 Å². The highest BCUT2D eigenvalue weighted by Crippen LogP contribution is 2.17. The second-order valence-electron chi connectivity index (χ2n) is 2.40. The summed E-state index contributed by atoms with van der Waals surface area (Å²) in [5, 5.41) is 0. The number of hydrogen-bond donors (Lipinski definition) is 0. The summed E-state index contributed by atoms with van der Waals surface area (Å²) >= 11 is 3.39. The smallest absolute Gasteiger partial charge is 0.203 e. The first-order chi connectivity index (χ1) is 5.24. The third-order valence-electron chi connectivity index (χ3n) is 1.51. The van der Waals surface area contributed by atoms with Gasteiger partial charge in [0.1, 0.15) is 0 Å². The van der Waals surface area contributed by atoms with Gasteiger partial charge < -0.3 is 0 Å². The molecule has 0 unspecified atom stereocenters. The highest BCUT2D eigenvalue weighted by atomic mass is 79.9. The monoisotopic (exact) mass is 211 g/mol. The molecule has 1 radical (unpaired) electrons. The van der Waals surface area contributed by atoms with E-state index in [1.54, 1.807) is 0 Å². The molecule has 0 heterocycles. The molecule has 11 heavy (non-hydrogen) atoms. The lowest BCUT2D eigenvalue weighted by Crippen LogP contribution is -1.86. The second kappa shape index (κ2) is 3.67. The number of benzene rings is 1. The second-order valence-corrected chi connectivity index (χ2v) is 3.26. The zero-order chi connectivity index (χ0) is 8.27. The molecule has 0 atom stereocenters. The minimum Gasteiger partial charge on any atom is -0.291 e. The van der Waals surface area contributed by atoms with Crippen molar-refractivity contribution in [2.24, 2.45) is 0 Å². The number of rotatable bonds is 2. The van der Waals surface area contributed by atoms with Crippen LogP contribution in [0.25, 0.3) is 0 Å². The molecule has 0 amide bonds. The van der Waals surface area contributed by atoms with E-state index in [0.717, 1.165) is 10.0 Å². The van der Waals surface area contributed by atoms with Gasteiger partial charge in [-0.25, -0.2) is 0 Å². The molecule has 0 aromatic heterocycles. The zero-order valence-corrected chi connectivity index (χ0v) is 7.81. The fourth-order valence-electron chi connectivity index (χ4n) is 0.830. The molecule has 0 spiro atoms. The predicted octanol–water partition coefficient (Wildman–Crippen LogP) is 2.41. The van der Waals surface area contributed by atoms with Crippen LogP contribution in [-0.2, 0) is 11.2 Å². The van der Waals surface area contributed by atoms with Crippen LogP contribution in [0, 0.1) is 6.92 Å². The lowest BCUT2D eigenvalue weighted by Gasteiger charge is -1.98. The Bertz CT molecular complexity index is 268. The van der Waals surface area contributed by atoms with Gasteiger partial charge in [0.2, 0.25) is 6.29 Å². The van der Waals surface area contributed by atoms with Crippen LogP contribution in [0.1, 0.15) is 11.1 Å². The predicted molar refractivity (Wildman–Crippen MR) is 48.3 cm³/mol. The summed E-state index contributed by atoms with van der Waals surface area (Å²) in [6.45, 7) is 2.01. The van der Waals surface area contributed by atoms with Crippen molar-refractivity contribution in [1.82, 2.24) is 0 Å². The van der Waals surface area contributed by atoms with E-state index < -0.39 is 0 Å². The fourth-order valence-corrected chi connectivity index (χ4v) is 1.26. The van der Waals surface area contributed by atoms with Gasteiger partial charge in [-0.15, -0.1) is 0 Å². The molecule has 0 aliphatic heterocycles. The van der Waals surface area contributed by atoms with Gasteiger partial charge in [-0.05, 0) is 24.1 Å². The quantitative estimate of drug-likeness (QED) is 0.735. The summed E-state index contributed by atoms with van der Waals surface area (Å²) in [4.78, 5) is 10.0. The molecule has 0 saturated carbocycles. The van der Waals surface area contributed by atoms with Gasteiger partial charge in [-0.2, -0.15) is 0 Å². The van der Waals surface area contributed by atoms with E-state index >= 15 is 0 Å². The first-order valence-electron chi connectivity index (χ1n) is 3.34. The van der Waals surface area contributed by atoms with Crippen molar-refractivity contribution in [1.29, 1.82) is 0 Å². The number of aryl methyl sites for hydroxylation is 1. The molecule has 0 saturated heterocycles. The van der Waals surface area contributed by atoms with Crippen LogP contribution in [0.15, 0.2) is 22.7 Å². The topological polar surface area (TPSA) is 17.1 Å². The normalized spacial score (nSPS) is 9.64. The standard InChI is InChI=1S/C9H8BrO/c1-7-2-3-8(4-5-11)6-9(7)10/h2-3,6H,4H2,1H3. The Morgan fingerprint density at radius 1 is 1.55 bits per heavy atom. The Morgan fingerprint density at radius 3 is 2.82 bits per heavy atom. The van der Waals surface area contributed by atoms with Crippen LogP contribution in [0.5, 0.6) is 0 Å². The molecule has 1 aromatic rings. The summed E-state index contributed by atoms with van der Waals surface area (Å²) in [7, 11) is 0. The van der Waals surface area contributed by atoms with Crippen molar-refractivity contribution in [2.75, 3.05) is 0 Å². The third kappa shape index (κ3) is 2.15.